The highest BCUT2D eigenvalue weighted by Crippen LogP contribution is 2.20. The molecule has 24 heavy (non-hydrogen) atoms. The number of aromatic nitrogens is 5. The van der Waals surface area contributed by atoms with Gasteiger partial charge in [0.05, 0.1) is 16.7 Å². The highest BCUT2D eigenvalue weighted by atomic mass is 79.9. The van der Waals surface area contributed by atoms with Gasteiger partial charge in [-0.05, 0) is 35.3 Å². The number of amides is 1. The molecule has 1 aromatic carbocycles. The Morgan fingerprint density at radius 2 is 2.08 bits per heavy atom. The van der Waals surface area contributed by atoms with E-state index in [0.29, 0.717) is 16.7 Å². The van der Waals surface area contributed by atoms with Gasteiger partial charge >= 0.3 is 0 Å². The number of carbonyl (C=O) groups excluding carboxylic acids is 1. The molecule has 124 valence electrons. The lowest BCUT2D eigenvalue weighted by Gasteiger charge is -2.02. The Morgan fingerprint density at radius 3 is 2.75 bits per heavy atom. The van der Waals surface area contributed by atoms with Crippen molar-refractivity contribution < 1.29 is 4.79 Å². The van der Waals surface area contributed by atoms with Gasteiger partial charge in [-0.25, -0.2) is 9.67 Å². The number of nitrogens with zero attached hydrogens (tertiary/aromatic N) is 5. The van der Waals surface area contributed by atoms with Crippen LogP contribution in [-0.4, -0.2) is 30.5 Å². The quantitative estimate of drug-likeness (QED) is 0.745. The highest BCUT2D eigenvalue weighted by molar-refractivity contribution is 9.10. The maximum Gasteiger partial charge on any atom is 0.279 e. The molecule has 0 fully saturated rings. The number of carbonyl (C=O) groups is 1. The van der Waals surface area contributed by atoms with Crippen molar-refractivity contribution in [2.24, 2.45) is 7.05 Å². The van der Waals surface area contributed by atoms with Crippen molar-refractivity contribution in [2.75, 3.05) is 5.32 Å². The molecule has 8 heteroatoms. The van der Waals surface area contributed by atoms with E-state index in [2.05, 4.69) is 42.5 Å². The Bertz CT molecular complexity index is 898. The van der Waals surface area contributed by atoms with E-state index >= 15 is 0 Å². The molecular formula is C16H17BrN6O. The number of nitrogens with one attached hydrogen (secondary N) is 1. The second-order valence-electron chi connectivity index (χ2n) is 5.58. The minimum atomic E-state index is -0.348. The number of aryl methyl sites for hydroxylation is 2. The van der Waals surface area contributed by atoms with Gasteiger partial charge in [-0.3, -0.25) is 14.8 Å². The largest absolute Gasteiger partial charge is 0.288 e. The monoisotopic (exact) mass is 388 g/mol. The van der Waals surface area contributed by atoms with Crippen LogP contribution in [0.1, 0.15) is 27.3 Å². The summed E-state index contributed by atoms with van der Waals surface area (Å²) in [5.41, 5.74) is 3.50. The lowest BCUT2D eigenvalue weighted by Crippen LogP contribution is -2.15. The lowest BCUT2D eigenvalue weighted by molar-refractivity contribution is 0.102. The Balaban J connectivity index is 1.71. The highest BCUT2D eigenvalue weighted by Gasteiger charge is 2.19. The van der Waals surface area contributed by atoms with Crippen LogP contribution in [0.3, 0.4) is 0 Å². The SMILES string of the molecule is Cc1cccc(Cn2cnc(NC(=O)c3nn(C)c(C)c3Br)n2)c1. The Hall–Kier alpha value is -2.48. The van der Waals surface area contributed by atoms with E-state index in [9.17, 15) is 4.79 Å². The van der Waals surface area contributed by atoms with E-state index in [-0.39, 0.29) is 11.9 Å². The lowest BCUT2D eigenvalue weighted by atomic mass is 10.1. The van der Waals surface area contributed by atoms with Crippen molar-refractivity contribution in [3.05, 3.63) is 57.6 Å². The van der Waals surface area contributed by atoms with Crippen molar-refractivity contribution in [2.45, 2.75) is 20.4 Å². The number of hydrogen-bond donors (Lipinski definition) is 1. The van der Waals surface area contributed by atoms with Crippen molar-refractivity contribution >= 4 is 27.8 Å². The summed E-state index contributed by atoms with van der Waals surface area (Å²) < 4.78 is 3.99. The summed E-state index contributed by atoms with van der Waals surface area (Å²) in [6, 6.07) is 8.17. The topological polar surface area (TPSA) is 77.6 Å². The molecule has 0 bridgehead atoms. The molecule has 0 aliphatic carbocycles. The van der Waals surface area contributed by atoms with E-state index in [1.807, 2.05) is 32.0 Å². The van der Waals surface area contributed by atoms with Crippen LogP contribution in [0.5, 0.6) is 0 Å². The van der Waals surface area contributed by atoms with E-state index < -0.39 is 0 Å². The molecule has 1 amide bonds. The molecule has 0 radical (unpaired) electrons. The fourth-order valence-corrected chi connectivity index (χ4v) is 2.83. The van der Waals surface area contributed by atoms with E-state index in [0.717, 1.165) is 11.3 Å². The van der Waals surface area contributed by atoms with Gasteiger partial charge in [0.15, 0.2) is 5.69 Å². The van der Waals surface area contributed by atoms with Gasteiger partial charge in [-0.1, -0.05) is 29.8 Å². The molecule has 0 saturated heterocycles. The fraction of sp³-hybridized carbons (Fsp3) is 0.250. The summed E-state index contributed by atoms with van der Waals surface area (Å²) in [4.78, 5) is 16.4. The number of hydrogen-bond acceptors (Lipinski definition) is 4. The van der Waals surface area contributed by atoms with Crippen LogP contribution in [0, 0.1) is 13.8 Å². The number of rotatable bonds is 4. The standard InChI is InChI=1S/C16H17BrN6O/c1-10-5-4-6-12(7-10)8-23-9-18-16(21-23)19-15(24)14-13(17)11(2)22(3)20-14/h4-7,9H,8H2,1-3H3,(H,19,21,24). The van der Waals surface area contributed by atoms with Crippen molar-refractivity contribution in [3.63, 3.8) is 0 Å². The first-order chi connectivity index (χ1) is 11.4. The average Bonchev–Trinajstić information content (AvgIpc) is 3.07. The summed E-state index contributed by atoms with van der Waals surface area (Å²) in [5, 5.41) is 11.1. The van der Waals surface area contributed by atoms with Crippen LogP contribution in [0.2, 0.25) is 0 Å². The summed E-state index contributed by atoms with van der Waals surface area (Å²) in [5.74, 6) is -0.0956. The molecule has 0 saturated carbocycles. The zero-order chi connectivity index (χ0) is 17.3. The minimum Gasteiger partial charge on any atom is -0.288 e. The molecule has 2 aromatic heterocycles. The molecule has 1 N–H and O–H groups in total. The third-order valence-electron chi connectivity index (χ3n) is 3.66. The first kappa shape index (κ1) is 16.4. The summed E-state index contributed by atoms with van der Waals surface area (Å²) in [7, 11) is 1.78. The normalized spacial score (nSPS) is 10.8. The maximum atomic E-state index is 12.3. The van der Waals surface area contributed by atoms with Crippen molar-refractivity contribution in [3.8, 4) is 0 Å². The zero-order valence-corrected chi connectivity index (χ0v) is 15.2. The number of anilines is 1. The van der Waals surface area contributed by atoms with E-state index in [1.165, 1.54) is 5.56 Å². The smallest absolute Gasteiger partial charge is 0.279 e. The van der Waals surface area contributed by atoms with Gasteiger partial charge in [0.25, 0.3) is 5.91 Å². The summed E-state index contributed by atoms with van der Waals surface area (Å²) in [6.07, 6.45) is 1.59. The average molecular weight is 389 g/mol. The molecule has 0 atom stereocenters. The second kappa shape index (κ2) is 6.56. The van der Waals surface area contributed by atoms with Gasteiger partial charge in [0, 0.05) is 7.05 Å². The van der Waals surface area contributed by atoms with Crippen LogP contribution in [0.25, 0.3) is 0 Å². The Labute approximate surface area is 147 Å². The van der Waals surface area contributed by atoms with Crippen LogP contribution < -0.4 is 5.32 Å². The number of benzene rings is 1. The molecule has 7 nitrogen and oxygen atoms in total. The third-order valence-corrected chi connectivity index (χ3v) is 4.61. The van der Waals surface area contributed by atoms with Crippen LogP contribution in [-0.2, 0) is 13.6 Å². The van der Waals surface area contributed by atoms with Gasteiger partial charge in [-0.15, -0.1) is 5.10 Å². The predicted molar refractivity (Wildman–Crippen MR) is 93.9 cm³/mol. The van der Waals surface area contributed by atoms with Crippen LogP contribution in [0.15, 0.2) is 35.1 Å². The third kappa shape index (κ3) is 3.38. The zero-order valence-electron chi connectivity index (χ0n) is 13.6. The summed E-state index contributed by atoms with van der Waals surface area (Å²) in [6.45, 7) is 4.52. The second-order valence-corrected chi connectivity index (χ2v) is 6.37. The first-order valence-electron chi connectivity index (χ1n) is 7.39. The molecule has 3 rings (SSSR count). The molecule has 0 aliphatic heterocycles. The fourth-order valence-electron chi connectivity index (χ4n) is 2.31. The molecular weight excluding hydrogens is 372 g/mol. The number of halogens is 1. The van der Waals surface area contributed by atoms with Gasteiger partial charge in [0.2, 0.25) is 5.95 Å². The summed E-state index contributed by atoms with van der Waals surface area (Å²) >= 11 is 3.38. The van der Waals surface area contributed by atoms with Crippen LogP contribution >= 0.6 is 15.9 Å². The van der Waals surface area contributed by atoms with Gasteiger partial charge in [0.1, 0.15) is 6.33 Å². The molecule has 3 aromatic rings. The molecule has 0 spiro atoms. The molecule has 0 aliphatic rings. The van der Waals surface area contributed by atoms with Crippen LogP contribution in [0.4, 0.5) is 5.95 Å². The minimum absolute atomic E-state index is 0.253. The van der Waals surface area contributed by atoms with Gasteiger partial charge < -0.3 is 0 Å². The molecule has 2 heterocycles. The first-order valence-corrected chi connectivity index (χ1v) is 8.19. The van der Waals surface area contributed by atoms with Crippen molar-refractivity contribution in [1.29, 1.82) is 0 Å². The van der Waals surface area contributed by atoms with Crippen molar-refractivity contribution in [1.82, 2.24) is 24.5 Å². The Kier molecular flexibility index (Phi) is 4.48. The van der Waals surface area contributed by atoms with Gasteiger partial charge in [-0.2, -0.15) is 5.10 Å². The van der Waals surface area contributed by atoms with E-state index in [4.69, 9.17) is 0 Å². The molecule has 0 unspecified atom stereocenters. The maximum absolute atomic E-state index is 12.3. The Morgan fingerprint density at radius 1 is 1.29 bits per heavy atom. The predicted octanol–water partition coefficient (Wildman–Crippen LogP) is 2.69. The van der Waals surface area contributed by atoms with E-state index in [1.54, 1.807) is 22.7 Å².